The smallest absolute Gasteiger partial charge is 0.224 e. The maximum atomic E-state index is 5.86. The lowest BCUT2D eigenvalue weighted by Crippen LogP contribution is -2.35. The lowest BCUT2D eigenvalue weighted by Gasteiger charge is -2.32. The molecule has 6 nitrogen and oxygen atoms in total. The van der Waals surface area contributed by atoms with E-state index in [1.807, 2.05) is 0 Å². The molecule has 4 rings (SSSR count). The largest absolute Gasteiger partial charge is 0.368 e. The summed E-state index contributed by atoms with van der Waals surface area (Å²) in [5, 5.41) is 0. The molecule has 1 aromatic heterocycles. The fourth-order valence-corrected chi connectivity index (χ4v) is 3.64. The highest BCUT2D eigenvalue weighted by molar-refractivity contribution is 5.66. The summed E-state index contributed by atoms with van der Waals surface area (Å²) in [6, 6.07) is 11.0. The summed E-state index contributed by atoms with van der Waals surface area (Å²) in [7, 11) is 0. The Hall–Kier alpha value is -2.34. The van der Waals surface area contributed by atoms with Gasteiger partial charge in [0.25, 0.3) is 0 Å². The number of aromatic nitrogens is 2. The number of rotatable bonds is 6. The van der Waals surface area contributed by atoms with Crippen LogP contribution in [-0.2, 0) is 6.42 Å². The van der Waals surface area contributed by atoms with E-state index >= 15 is 0 Å². The monoisotopic (exact) mass is 324 g/mol. The van der Waals surface area contributed by atoms with E-state index in [1.54, 1.807) is 0 Å². The fourth-order valence-electron chi connectivity index (χ4n) is 3.64. The highest BCUT2D eigenvalue weighted by Crippen LogP contribution is 2.40. The topological polar surface area (TPSA) is 79.1 Å². The summed E-state index contributed by atoms with van der Waals surface area (Å²) in [5.41, 5.74) is 14.9. The van der Waals surface area contributed by atoms with Crippen LogP contribution >= 0.6 is 0 Å². The highest BCUT2D eigenvalue weighted by atomic mass is 15.4. The van der Waals surface area contributed by atoms with Crippen LogP contribution in [0.5, 0.6) is 0 Å². The maximum Gasteiger partial charge on any atom is 0.224 e. The van der Waals surface area contributed by atoms with E-state index < -0.39 is 0 Å². The van der Waals surface area contributed by atoms with Crippen molar-refractivity contribution in [2.24, 2.45) is 0 Å². The SMILES string of the molecule is Nc1nc2c3c(n1)N(CCCCCc1ccccc1)CCC3NN2. The Morgan fingerprint density at radius 3 is 2.88 bits per heavy atom. The average Bonchev–Trinajstić information content (AvgIpc) is 3.01. The van der Waals surface area contributed by atoms with Gasteiger partial charge in [0.05, 0.1) is 11.6 Å². The molecule has 4 N–H and O–H groups in total. The van der Waals surface area contributed by atoms with Gasteiger partial charge in [-0.25, -0.2) is 5.43 Å². The van der Waals surface area contributed by atoms with Gasteiger partial charge in [-0.05, 0) is 31.2 Å². The minimum atomic E-state index is 0.310. The summed E-state index contributed by atoms with van der Waals surface area (Å²) < 4.78 is 0. The van der Waals surface area contributed by atoms with Crippen molar-refractivity contribution in [2.75, 3.05) is 29.1 Å². The van der Waals surface area contributed by atoms with E-state index in [9.17, 15) is 0 Å². The van der Waals surface area contributed by atoms with E-state index in [0.29, 0.717) is 12.0 Å². The van der Waals surface area contributed by atoms with Crippen molar-refractivity contribution < 1.29 is 0 Å². The zero-order chi connectivity index (χ0) is 16.4. The molecule has 3 heterocycles. The summed E-state index contributed by atoms with van der Waals surface area (Å²) >= 11 is 0. The number of anilines is 3. The van der Waals surface area contributed by atoms with Crippen LogP contribution in [0.1, 0.15) is 42.9 Å². The predicted octanol–water partition coefficient (Wildman–Crippen LogP) is 2.65. The standard InChI is InChI=1S/C18H24N6/c19-18-20-16-15-14(22-23-16)10-12-24(17(15)21-18)11-6-2-5-9-13-7-3-1-4-8-13/h1,3-4,7-8,14,22H,2,5-6,9-12H2,(H3,19,20,21,23). The number of nitrogens with zero attached hydrogens (tertiary/aromatic N) is 3. The van der Waals surface area contributed by atoms with Crippen LogP contribution in [0.2, 0.25) is 0 Å². The summed E-state index contributed by atoms with van der Waals surface area (Å²) in [6.07, 6.45) is 5.87. The molecule has 2 aliphatic heterocycles. The van der Waals surface area contributed by atoms with Gasteiger partial charge in [-0.3, -0.25) is 0 Å². The van der Waals surface area contributed by atoms with Crippen molar-refractivity contribution in [2.45, 2.75) is 38.1 Å². The molecule has 0 saturated heterocycles. The van der Waals surface area contributed by atoms with Crippen molar-refractivity contribution in [3.63, 3.8) is 0 Å². The summed E-state index contributed by atoms with van der Waals surface area (Å²) in [6.45, 7) is 2.05. The third-order valence-electron chi connectivity index (χ3n) is 4.88. The Morgan fingerprint density at radius 1 is 1.12 bits per heavy atom. The van der Waals surface area contributed by atoms with Crippen LogP contribution < -0.4 is 21.5 Å². The number of nitrogen functional groups attached to an aromatic ring is 1. The third-order valence-corrected chi connectivity index (χ3v) is 4.88. The molecule has 24 heavy (non-hydrogen) atoms. The molecule has 0 spiro atoms. The van der Waals surface area contributed by atoms with E-state index in [4.69, 9.17) is 5.73 Å². The summed E-state index contributed by atoms with van der Waals surface area (Å²) in [4.78, 5) is 11.2. The molecule has 1 aromatic carbocycles. The first-order valence-electron chi connectivity index (χ1n) is 8.79. The minimum absolute atomic E-state index is 0.310. The van der Waals surface area contributed by atoms with Crippen LogP contribution in [0, 0.1) is 0 Å². The van der Waals surface area contributed by atoms with Crippen molar-refractivity contribution in [1.82, 2.24) is 15.4 Å². The number of nitrogens with two attached hydrogens (primary N) is 1. The van der Waals surface area contributed by atoms with Gasteiger partial charge in [-0.2, -0.15) is 9.97 Å². The van der Waals surface area contributed by atoms with Gasteiger partial charge in [-0.15, -0.1) is 0 Å². The Morgan fingerprint density at radius 2 is 2.00 bits per heavy atom. The molecule has 6 heteroatoms. The molecule has 126 valence electrons. The van der Waals surface area contributed by atoms with Crippen LogP contribution in [0.15, 0.2) is 30.3 Å². The Labute approximate surface area is 142 Å². The van der Waals surface area contributed by atoms with Gasteiger partial charge in [0.1, 0.15) is 5.82 Å². The molecule has 2 aliphatic rings. The number of benzene rings is 1. The van der Waals surface area contributed by atoms with Gasteiger partial charge in [0, 0.05) is 13.1 Å². The molecule has 0 aliphatic carbocycles. The summed E-state index contributed by atoms with van der Waals surface area (Å²) in [5.74, 6) is 2.19. The van der Waals surface area contributed by atoms with E-state index in [-0.39, 0.29) is 0 Å². The number of hydrogen-bond acceptors (Lipinski definition) is 6. The molecule has 2 aromatic rings. The van der Waals surface area contributed by atoms with Crippen LogP contribution in [-0.4, -0.2) is 23.1 Å². The van der Waals surface area contributed by atoms with Gasteiger partial charge in [0.15, 0.2) is 5.82 Å². The molecule has 1 unspecified atom stereocenters. The molecule has 0 fully saturated rings. The molecule has 0 radical (unpaired) electrons. The van der Waals surface area contributed by atoms with Gasteiger partial charge in [-0.1, -0.05) is 36.8 Å². The molecule has 0 amide bonds. The zero-order valence-corrected chi connectivity index (χ0v) is 13.8. The van der Waals surface area contributed by atoms with Crippen LogP contribution in [0.3, 0.4) is 0 Å². The second-order valence-corrected chi connectivity index (χ2v) is 6.56. The van der Waals surface area contributed by atoms with Crippen molar-refractivity contribution in [3.05, 3.63) is 41.5 Å². The first kappa shape index (κ1) is 15.2. The Kier molecular flexibility index (Phi) is 4.21. The molecular formula is C18H24N6. The van der Waals surface area contributed by atoms with Crippen molar-refractivity contribution in [1.29, 1.82) is 0 Å². The number of hydrazine groups is 1. The van der Waals surface area contributed by atoms with Crippen molar-refractivity contribution in [3.8, 4) is 0 Å². The Balaban J connectivity index is 1.33. The molecule has 0 bridgehead atoms. The Bertz CT molecular complexity index is 702. The van der Waals surface area contributed by atoms with E-state index in [1.165, 1.54) is 30.4 Å². The third kappa shape index (κ3) is 3.01. The number of nitrogens with one attached hydrogen (secondary N) is 2. The minimum Gasteiger partial charge on any atom is -0.368 e. The first-order chi connectivity index (χ1) is 11.8. The van der Waals surface area contributed by atoms with Crippen LogP contribution in [0.25, 0.3) is 0 Å². The second kappa shape index (κ2) is 6.65. The highest BCUT2D eigenvalue weighted by Gasteiger charge is 2.34. The zero-order valence-electron chi connectivity index (χ0n) is 13.8. The number of unbranched alkanes of at least 4 members (excludes halogenated alkanes) is 2. The average molecular weight is 324 g/mol. The predicted molar refractivity (Wildman–Crippen MR) is 96.8 cm³/mol. The first-order valence-corrected chi connectivity index (χ1v) is 8.79. The normalized spacial score (nSPS) is 18.3. The number of hydrogen-bond donors (Lipinski definition) is 3. The van der Waals surface area contributed by atoms with Crippen LogP contribution in [0.4, 0.5) is 17.6 Å². The number of aryl methyl sites for hydroxylation is 1. The maximum absolute atomic E-state index is 5.86. The van der Waals surface area contributed by atoms with Gasteiger partial charge < -0.3 is 16.1 Å². The lowest BCUT2D eigenvalue weighted by molar-refractivity contribution is 0.526. The quantitative estimate of drug-likeness (QED) is 0.709. The lowest BCUT2D eigenvalue weighted by atomic mass is 10.0. The molecule has 1 atom stereocenters. The van der Waals surface area contributed by atoms with Crippen molar-refractivity contribution >= 4 is 17.6 Å². The fraction of sp³-hybridized carbons (Fsp3) is 0.444. The van der Waals surface area contributed by atoms with E-state index in [0.717, 1.165) is 37.6 Å². The second-order valence-electron chi connectivity index (χ2n) is 6.56. The molecular weight excluding hydrogens is 300 g/mol. The molecule has 0 saturated carbocycles. The van der Waals surface area contributed by atoms with Gasteiger partial charge in [0.2, 0.25) is 5.95 Å². The van der Waals surface area contributed by atoms with E-state index in [2.05, 4.69) is 56.1 Å². The van der Waals surface area contributed by atoms with Gasteiger partial charge >= 0.3 is 0 Å².